The van der Waals surface area contributed by atoms with Crippen LogP contribution in [0.2, 0.25) is 0 Å². The Balaban J connectivity index is 1.85. The predicted octanol–water partition coefficient (Wildman–Crippen LogP) is 3.13. The Kier molecular flexibility index (Phi) is 3.94. The Morgan fingerprint density at radius 2 is 2.04 bits per heavy atom. The molecule has 0 saturated carbocycles. The molecule has 0 radical (unpaired) electrons. The van der Waals surface area contributed by atoms with Crippen LogP contribution in [0, 0.1) is 20.8 Å². The summed E-state index contributed by atoms with van der Waals surface area (Å²) in [5.74, 6) is 0.0271. The number of likely N-dealkylation sites (N-methyl/N-ethyl adjacent to an activating group) is 1. The van der Waals surface area contributed by atoms with E-state index in [0.717, 1.165) is 28.5 Å². The molecule has 2 N–H and O–H groups in total. The van der Waals surface area contributed by atoms with E-state index >= 15 is 0 Å². The number of nitrogens with one attached hydrogen (secondary N) is 2. The van der Waals surface area contributed by atoms with Crippen LogP contribution in [0.4, 0.5) is 0 Å². The first-order valence-electron chi connectivity index (χ1n) is 7.80. The molecular weight excluding hydrogens is 288 g/mol. The van der Waals surface area contributed by atoms with E-state index in [9.17, 15) is 4.79 Å². The van der Waals surface area contributed by atoms with Gasteiger partial charge in [0.25, 0.3) is 5.91 Å². The summed E-state index contributed by atoms with van der Waals surface area (Å²) in [5.41, 5.74) is 6.24. The number of rotatable bonds is 4. The van der Waals surface area contributed by atoms with Crippen LogP contribution in [0.25, 0.3) is 10.9 Å². The molecule has 2 heterocycles. The molecule has 0 spiro atoms. The number of carbonyl (C=O) groups excluding carboxylic acids is 1. The zero-order chi connectivity index (χ0) is 16.6. The minimum Gasteiger partial charge on any atom is -0.350 e. The fourth-order valence-corrected chi connectivity index (χ4v) is 3.00. The zero-order valence-corrected chi connectivity index (χ0v) is 14.0. The molecular formula is C18H22N4O. The molecule has 23 heavy (non-hydrogen) atoms. The van der Waals surface area contributed by atoms with E-state index < -0.39 is 0 Å². The number of aromatic nitrogens is 3. The minimum atomic E-state index is 0.0271. The van der Waals surface area contributed by atoms with E-state index in [1.165, 1.54) is 11.1 Å². The number of amides is 1. The molecule has 120 valence electrons. The number of hydrogen-bond acceptors (Lipinski definition) is 2. The van der Waals surface area contributed by atoms with Gasteiger partial charge in [0.2, 0.25) is 0 Å². The van der Waals surface area contributed by atoms with Crippen molar-refractivity contribution in [1.29, 1.82) is 0 Å². The number of aromatic amines is 2. The summed E-state index contributed by atoms with van der Waals surface area (Å²) in [6.45, 7) is 6.82. The van der Waals surface area contributed by atoms with E-state index in [0.29, 0.717) is 12.2 Å². The van der Waals surface area contributed by atoms with Crippen molar-refractivity contribution < 1.29 is 4.79 Å². The van der Waals surface area contributed by atoms with E-state index in [1.54, 1.807) is 11.1 Å². The molecule has 5 heteroatoms. The third-order valence-corrected chi connectivity index (χ3v) is 4.36. The van der Waals surface area contributed by atoms with Crippen LogP contribution in [0.5, 0.6) is 0 Å². The van der Waals surface area contributed by atoms with Crippen LogP contribution < -0.4 is 0 Å². The fourth-order valence-electron chi connectivity index (χ4n) is 3.00. The summed E-state index contributed by atoms with van der Waals surface area (Å²) in [7, 11) is 1.84. The molecule has 3 rings (SSSR count). The van der Waals surface area contributed by atoms with Gasteiger partial charge in [-0.1, -0.05) is 11.6 Å². The zero-order valence-electron chi connectivity index (χ0n) is 14.0. The number of carbonyl (C=O) groups is 1. The first kappa shape index (κ1) is 15.3. The number of aryl methyl sites for hydroxylation is 3. The summed E-state index contributed by atoms with van der Waals surface area (Å²) >= 11 is 0. The van der Waals surface area contributed by atoms with E-state index in [4.69, 9.17) is 0 Å². The van der Waals surface area contributed by atoms with Crippen molar-refractivity contribution in [3.8, 4) is 0 Å². The Labute approximate surface area is 135 Å². The fraction of sp³-hybridized carbons (Fsp3) is 0.333. The molecule has 0 aliphatic rings. The van der Waals surface area contributed by atoms with Gasteiger partial charge in [0.15, 0.2) is 0 Å². The van der Waals surface area contributed by atoms with Crippen molar-refractivity contribution in [1.82, 2.24) is 20.1 Å². The van der Waals surface area contributed by atoms with Gasteiger partial charge < -0.3 is 9.88 Å². The van der Waals surface area contributed by atoms with Gasteiger partial charge >= 0.3 is 0 Å². The van der Waals surface area contributed by atoms with Crippen molar-refractivity contribution >= 4 is 16.8 Å². The van der Waals surface area contributed by atoms with Crippen molar-refractivity contribution in [2.45, 2.75) is 27.2 Å². The van der Waals surface area contributed by atoms with Gasteiger partial charge in [0.05, 0.1) is 6.20 Å². The lowest BCUT2D eigenvalue weighted by Gasteiger charge is -2.16. The average molecular weight is 310 g/mol. The molecule has 0 saturated heterocycles. The summed E-state index contributed by atoms with van der Waals surface area (Å²) in [6.07, 6.45) is 4.44. The van der Waals surface area contributed by atoms with Gasteiger partial charge in [-0.2, -0.15) is 5.10 Å². The lowest BCUT2D eigenvalue weighted by atomic mass is 10.1. The molecule has 0 atom stereocenters. The second-order valence-electron chi connectivity index (χ2n) is 6.21. The maximum Gasteiger partial charge on any atom is 0.270 e. The Morgan fingerprint density at radius 3 is 2.74 bits per heavy atom. The van der Waals surface area contributed by atoms with E-state index in [2.05, 4.69) is 41.2 Å². The van der Waals surface area contributed by atoms with Crippen molar-refractivity contribution in [3.05, 3.63) is 52.5 Å². The molecule has 0 aliphatic carbocycles. The van der Waals surface area contributed by atoms with Gasteiger partial charge in [0.1, 0.15) is 5.69 Å². The second kappa shape index (κ2) is 5.91. The van der Waals surface area contributed by atoms with Crippen LogP contribution in [-0.4, -0.2) is 39.6 Å². The SMILES string of the molecule is Cc1cc(C)c2[nH]c(C(=O)N(C)CCc3cn[nH]c3)c(C)c2c1. The molecule has 0 fully saturated rings. The highest BCUT2D eigenvalue weighted by Gasteiger charge is 2.19. The topological polar surface area (TPSA) is 64.8 Å². The lowest BCUT2D eigenvalue weighted by Crippen LogP contribution is -2.29. The number of hydrogen-bond donors (Lipinski definition) is 2. The number of benzene rings is 1. The van der Waals surface area contributed by atoms with Crippen LogP contribution >= 0.6 is 0 Å². The molecule has 1 amide bonds. The van der Waals surface area contributed by atoms with Crippen molar-refractivity contribution in [2.24, 2.45) is 0 Å². The second-order valence-corrected chi connectivity index (χ2v) is 6.21. The summed E-state index contributed by atoms with van der Waals surface area (Å²) in [6, 6.07) is 4.27. The molecule has 0 unspecified atom stereocenters. The predicted molar refractivity (Wildman–Crippen MR) is 91.8 cm³/mol. The molecule has 1 aromatic carbocycles. The van der Waals surface area contributed by atoms with E-state index in [1.807, 2.05) is 20.2 Å². The first-order valence-corrected chi connectivity index (χ1v) is 7.80. The standard InChI is InChI=1S/C18H22N4O/c1-11-7-12(2)16-15(8-11)13(3)17(21-16)18(23)22(4)6-5-14-9-19-20-10-14/h7-10,21H,5-6H2,1-4H3,(H,19,20). The van der Waals surface area contributed by atoms with E-state index in [-0.39, 0.29) is 5.91 Å². The Morgan fingerprint density at radius 1 is 1.26 bits per heavy atom. The largest absolute Gasteiger partial charge is 0.350 e. The maximum absolute atomic E-state index is 12.8. The normalized spacial score (nSPS) is 11.1. The molecule has 5 nitrogen and oxygen atoms in total. The third-order valence-electron chi connectivity index (χ3n) is 4.36. The average Bonchev–Trinajstić information content (AvgIpc) is 3.13. The number of H-pyrrole nitrogens is 2. The number of nitrogens with zero attached hydrogens (tertiary/aromatic N) is 2. The monoisotopic (exact) mass is 310 g/mol. The highest BCUT2D eigenvalue weighted by atomic mass is 16.2. The van der Waals surface area contributed by atoms with Crippen molar-refractivity contribution in [3.63, 3.8) is 0 Å². The minimum absolute atomic E-state index is 0.0271. The molecule has 2 aromatic heterocycles. The van der Waals surface area contributed by atoms with Gasteiger partial charge in [0, 0.05) is 30.7 Å². The van der Waals surface area contributed by atoms with Gasteiger partial charge in [-0.05, 0) is 49.9 Å². The highest BCUT2D eigenvalue weighted by molar-refractivity contribution is 6.01. The summed E-state index contributed by atoms with van der Waals surface area (Å²) < 4.78 is 0. The third kappa shape index (κ3) is 2.86. The number of fused-ring (bicyclic) bond motifs is 1. The van der Waals surface area contributed by atoms with Gasteiger partial charge in [-0.15, -0.1) is 0 Å². The molecule has 3 aromatic rings. The Hall–Kier alpha value is -2.56. The van der Waals surface area contributed by atoms with Crippen LogP contribution in [0.15, 0.2) is 24.5 Å². The quantitative estimate of drug-likeness (QED) is 0.777. The van der Waals surface area contributed by atoms with Crippen LogP contribution in [-0.2, 0) is 6.42 Å². The lowest BCUT2D eigenvalue weighted by molar-refractivity contribution is 0.0791. The Bertz CT molecular complexity index is 846. The first-order chi connectivity index (χ1) is 11.0. The highest BCUT2D eigenvalue weighted by Crippen LogP contribution is 2.26. The van der Waals surface area contributed by atoms with Crippen molar-refractivity contribution in [2.75, 3.05) is 13.6 Å². The van der Waals surface area contributed by atoms with Gasteiger partial charge in [-0.3, -0.25) is 9.89 Å². The molecule has 0 bridgehead atoms. The summed E-state index contributed by atoms with van der Waals surface area (Å²) in [5, 5.41) is 7.86. The maximum atomic E-state index is 12.8. The summed E-state index contributed by atoms with van der Waals surface area (Å²) in [4.78, 5) is 17.8. The van der Waals surface area contributed by atoms with Crippen LogP contribution in [0.3, 0.4) is 0 Å². The smallest absolute Gasteiger partial charge is 0.270 e. The van der Waals surface area contributed by atoms with Crippen LogP contribution in [0.1, 0.15) is 32.7 Å². The van der Waals surface area contributed by atoms with Gasteiger partial charge in [-0.25, -0.2) is 0 Å². The molecule has 0 aliphatic heterocycles.